The molecule has 0 unspecified atom stereocenters. The topological polar surface area (TPSA) is 60.5 Å². The van der Waals surface area contributed by atoms with Crippen LogP contribution in [0.2, 0.25) is 0 Å². The van der Waals surface area contributed by atoms with E-state index in [1.807, 2.05) is 6.92 Å². The number of ether oxygens (including phenoxy) is 2. The normalized spacial score (nSPS) is 10.4. The summed E-state index contributed by atoms with van der Waals surface area (Å²) in [6.45, 7) is 4.60. The fraction of sp³-hybridized carbons (Fsp3) is 0.375. The van der Waals surface area contributed by atoms with Crippen molar-refractivity contribution < 1.29 is 14.3 Å². The minimum Gasteiger partial charge on any atom is -0.497 e. The van der Waals surface area contributed by atoms with Crippen LogP contribution in [-0.4, -0.2) is 31.7 Å². The smallest absolute Gasteiger partial charge is 0.251 e. The van der Waals surface area contributed by atoms with Gasteiger partial charge in [-0.25, -0.2) is 4.98 Å². The molecule has 1 aromatic heterocycles. The fourth-order valence-corrected chi connectivity index (χ4v) is 2.90. The van der Waals surface area contributed by atoms with E-state index in [1.54, 1.807) is 43.8 Å². The number of hydrogen-bond acceptors (Lipinski definition) is 5. The summed E-state index contributed by atoms with van der Waals surface area (Å²) in [6.07, 6.45) is 0.728. The van der Waals surface area contributed by atoms with Gasteiger partial charge in [-0.3, -0.25) is 4.79 Å². The van der Waals surface area contributed by atoms with E-state index in [9.17, 15) is 4.79 Å². The van der Waals surface area contributed by atoms with Crippen LogP contribution in [0.15, 0.2) is 18.2 Å². The van der Waals surface area contributed by atoms with Gasteiger partial charge in [0.2, 0.25) is 0 Å². The van der Waals surface area contributed by atoms with Gasteiger partial charge < -0.3 is 14.8 Å². The van der Waals surface area contributed by atoms with E-state index in [-0.39, 0.29) is 5.91 Å². The van der Waals surface area contributed by atoms with E-state index >= 15 is 0 Å². The first-order valence-electron chi connectivity index (χ1n) is 6.97. The van der Waals surface area contributed by atoms with Crippen LogP contribution in [0.4, 0.5) is 0 Å². The first kappa shape index (κ1) is 16.3. The van der Waals surface area contributed by atoms with Gasteiger partial charge in [0.15, 0.2) is 0 Å². The standard InChI is InChI=1S/C16H20N2O3S/c1-10-11(2)22-15(18-10)5-6-17-16(19)12-7-13(20-3)9-14(8-12)21-4/h7-9H,5-6H2,1-4H3,(H,17,19). The highest BCUT2D eigenvalue weighted by Gasteiger charge is 2.10. The number of amides is 1. The summed E-state index contributed by atoms with van der Waals surface area (Å²) in [5.74, 6) is 1.04. The fourth-order valence-electron chi connectivity index (χ4n) is 1.97. The van der Waals surface area contributed by atoms with E-state index in [4.69, 9.17) is 9.47 Å². The van der Waals surface area contributed by atoms with E-state index < -0.39 is 0 Å². The summed E-state index contributed by atoms with van der Waals surface area (Å²) in [5, 5.41) is 3.94. The average molecular weight is 320 g/mol. The summed E-state index contributed by atoms with van der Waals surface area (Å²) in [6, 6.07) is 5.11. The molecule has 1 aromatic carbocycles. The first-order chi connectivity index (χ1) is 10.5. The molecule has 0 saturated carbocycles. The van der Waals surface area contributed by atoms with Crippen molar-refractivity contribution in [3.63, 3.8) is 0 Å². The number of thiazole rings is 1. The maximum atomic E-state index is 12.2. The number of nitrogens with zero attached hydrogens (tertiary/aromatic N) is 1. The van der Waals surface area contributed by atoms with Crippen molar-refractivity contribution in [1.82, 2.24) is 10.3 Å². The lowest BCUT2D eigenvalue weighted by atomic mass is 10.2. The van der Waals surface area contributed by atoms with Gasteiger partial charge in [0.05, 0.1) is 24.9 Å². The van der Waals surface area contributed by atoms with Crippen molar-refractivity contribution >= 4 is 17.2 Å². The van der Waals surface area contributed by atoms with Gasteiger partial charge in [0.25, 0.3) is 5.91 Å². The number of methoxy groups -OCH3 is 2. The molecule has 0 bridgehead atoms. The number of aryl methyl sites for hydroxylation is 2. The zero-order valence-corrected chi connectivity index (χ0v) is 14.0. The Bertz CT molecular complexity index is 626. The Morgan fingerprint density at radius 2 is 1.82 bits per heavy atom. The molecule has 0 saturated heterocycles. The van der Waals surface area contributed by atoms with E-state index in [0.29, 0.717) is 23.6 Å². The van der Waals surface area contributed by atoms with Gasteiger partial charge in [-0.2, -0.15) is 0 Å². The second-order valence-corrected chi connectivity index (χ2v) is 6.14. The van der Waals surface area contributed by atoms with Crippen molar-refractivity contribution in [3.8, 4) is 11.5 Å². The highest BCUT2D eigenvalue weighted by molar-refractivity contribution is 7.11. The maximum absolute atomic E-state index is 12.2. The third-order valence-corrected chi connectivity index (χ3v) is 4.44. The van der Waals surface area contributed by atoms with Gasteiger partial charge in [-0.05, 0) is 26.0 Å². The summed E-state index contributed by atoms with van der Waals surface area (Å²) in [7, 11) is 3.12. The maximum Gasteiger partial charge on any atom is 0.251 e. The highest BCUT2D eigenvalue weighted by atomic mass is 32.1. The SMILES string of the molecule is COc1cc(OC)cc(C(=O)NCCc2nc(C)c(C)s2)c1. The Labute approximate surface area is 134 Å². The number of carbonyl (C=O) groups is 1. The Kier molecular flexibility index (Phi) is 5.38. The van der Waals surface area contributed by atoms with Gasteiger partial charge >= 0.3 is 0 Å². The number of nitrogens with one attached hydrogen (secondary N) is 1. The van der Waals surface area contributed by atoms with Crippen molar-refractivity contribution in [2.75, 3.05) is 20.8 Å². The summed E-state index contributed by atoms with van der Waals surface area (Å²) >= 11 is 1.67. The van der Waals surface area contributed by atoms with Crippen LogP contribution in [0.3, 0.4) is 0 Å². The Balaban J connectivity index is 1.97. The molecule has 118 valence electrons. The lowest BCUT2D eigenvalue weighted by Crippen LogP contribution is -2.25. The van der Waals surface area contributed by atoms with Crippen LogP contribution in [0.1, 0.15) is 25.9 Å². The van der Waals surface area contributed by atoms with E-state index in [1.165, 1.54) is 4.88 Å². The van der Waals surface area contributed by atoms with Crippen LogP contribution in [0.25, 0.3) is 0 Å². The number of rotatable bonds is 6. The predicted octanol–water partition coefficient (Wildman–Crippen LogP) is 2.75. The van der Waals surface area contributed by atoms with Gasteiger partial charge in [-0.1, -0.05) is 0 Å². The van der Waals surface area contributed by atoms with Crippen molar-refractivity contribution in [3.05, 3.63) is 39.3 Å². The second-order valence-electron chi connectivity index (χ2n) is 4.86. The van der Waals surface area contributed by atoms with E-state index in [0.717, 1.165) is 17.1 Å². The molecule has 1 N–H and O–H groups in total. The van der Waals surface area contributed by atoms with Crippen molar-refractivity contribution in [2.45, 2.75) is 20.3 Å². The Morgan fingerprint density at radius 1 is 1.18 bits per heavy atom. The molecular formula is C16H20N2O3S. The molecule has 0 aliphatic carbocycles. The molecule has 0 spiro atoms. The summed E-state index contributed by atoms with van der Waals surface area (Å²) < 4.78 is 10.3. The van der Waals surface area contributed by atoms with Gasteiger partial charge in [-0.15, -0.1) is 11.3 Å². The molecule has 0 radical (unpaired) electrons. The van der Waals surface area contributed by atoms with Crippen LogP contribution >= 0.6 is 11.3 Å². The second kappa shape index (κ2) is 7.26. The molecule has 5 nitrogen and oxygen atoms in total. The molecule has 0 aliphatic rings. The lowest BCUT2D eigenvalue weighted by Gasteiger charge is -2.08. The highest BCUT2D eigenvalue weighted by Crippen LogP contribution is 2.22. The van der Waals surface area contributed by atoms with E-state index in [2.05, 4.69) is 17.2 Å². The molecule has 0 fully saturated rings. The molecule has 2 rings (SSSR count). The van der Waals surface area contributed by atoms with Crippen molar-refractivity contribution in [1.29, 1.82) is 0 Å². The average Bonchev–Trinajstić information content (AvgIpc) is 2.84. The van der Waals surface area contributed by atoms with Crippen molar-refractivity contribution in [2.24, 2.45) is 0 Å². The summed E-state index contributed by atoms with van der Waals surface area (Å²) in [4.78, 5) is 17.9. The molecular weight excluding hydrogens is 300 g/mol. The summed E-state index contributed by atoms with van der Waals surface area (Å²) in [5.41, 5.74) is 1.58. The monoisotopic (exact) mass is 320 g/mol. The molecule has 0 aliphatic heterocycles. The Morgan fingerprint density at radius 3 is 2.32 bits per heavy atom. The van der Waals surface area contributed by atoms with Gasteiger partial charge in [0, 0.05) is 29.5 Å². The van der Waals surface area contributed by atoms with Crippen LogP contribution in [0, 0.1) is 13.8 Å². The van der Waals surface area contributed by atoms with Crippen LogP contribution in [-0.2, 0) is 6.42 Å². The lowest BCUT2D eigenvalue weighted by molar-refractivity contribution is 0.0953. The number of carbonyl (C=O) groups excluding carboxylic acids is 1. The molecule has 1 heterocycles. The quantitative estimate of drug-likeness (QED) is 0.889. The zero-order valence-electron chi connectivity index (χ0n) is 13.2. The minimum absolute atomic E-state index is 0.151. The van der Waals surface area contributed by atoms with Crippen LogP contribution in [0.5, 0.6) is 11.5 Å². The molecule has 22 heavy (non-hydrogen) atoms. The minimum atomic E-state index is -0.151. The first-order valence-corrected chi connectivity index (χ1v) is 7.79. The molecule has 2 aromatic rings. The largest absolute Gasteiger partial charge is 0.497 e. The predicted molar refractivity (Wildman–Crippen MR) is 87.2 cm³/mol. The zero-order chi connectivity index (χ0) is 16.1. The number of aromatic nitrogens is 1. The third kappa shape index (κ3) is 3.98. The number of benzene rings is 1. The van der Waals surface area contributed by atoms with Gasteiger partial charge in [0.1, 0.15) is 11.5 Å². The third-order valence-electron chi connectivity index (χ3n) is 3.31. The molecule has 0 atom stereocenters. The Hall–Kier alpha value is -2.08. The number of hydrogen-bond donors (Lipinski definition) is 1. The molecule has 1 amide bonds. The van der Waals surface area contributed by atoms with Crippen LogP contribution < -0.4 is 14.8 Å². The molecule has 6 heteroatoms.